The van der Waals surface area contributed by atoms with Gasteiger partial charge in [-0.1, -0.05) is 60.0 Å². The molecule has 33 heavy (non-hydrogen) atoms. The molecule has 0 aliphatic carbocycles. The van der Waals surface area contributed by atoms with E-state index in [1.807, 2.05) is 0 Å². The van der Waals surface area contributed by atoms with Crippen molar-refractivity contribution in [2.45, 2.75) is 6.42 Å². The maximum Gasteiger partial charge on any atom is 1.00 e. The van der Waals surface area contributed by atoms with E-state index in [4.69, 9.17) is 0 Å². The summed E-state index contributed by atoms with van der Waals surface area (Å²) in [5, 5.41) is 46.8. The van der Waals surface area contributed by atoms with E-state index >= 15 is 0 Å². The zero-order valence-electron chi connectivity index (χ0n) is 18.0. The van der Waals surface area contributed by atoms with Gasteiger partial charge in [0.15, 0.2) is 0 Å². The summed E-state index contributed by atoms with van der Waals surface area (Å²) in [6.07, 6.45) is -0.166. The van der Waals surface area contributed by atoms with Crippen LogP contribution in [0.15, 0.2) is 60.7 Å². The molecule has 0 bridgehead atoms. The monoisotopic (exact) mass is 468 g/mol. The molecule has 0 atom stereocenters. The fraction of sp³-hybridized carbons (Fsp3) is 0.0435. The molecule has 0 aromatic heterocycles. The van der Waals surface area contributed by atoms with Crippen LogP contribution in [0.5, 0.6) is 11.5 Å². The SMILES string of the molecule is O.O.O=C(O)c1cc2ccccc2c(Cc2c([O-])c(C(=O)O)cc3ccccc23)c1[O-].[Na+].[Na+]. The molecule has 0 amide bonds. The Morgan fingerprint density at radius 3 is 1.33 bits per heavy atom. The molecule has 160 valence electrons. The van der Waals surface area contributed by atoms with Crippen LogP contribution in [0.3, 0.4) is 0 Å². The largest absolute Gasteiger partial charge is 1.00 e. The van der Waals surface area contributed by atoms with E-state index in [0.29, 0.717) is 21.5 Å². The van der Waals surface area contributed by atoms with Crippen molar-refractivity contribution < 1.29 is 100 Å². The van der Waals surface area contributed by atoms with Crippen LogP contribution in [0.4, 0.5) is 0 Å². The number of carboxylic acids is 2. The zero-order chi connectivity index (χ0) is 20.7. The van der Waals surface area contributed by atoms with Crippen molar-refractivity contribution in [3.05, 3.63) is 82.9 Å². The van der Waals surface area contributed by atoms with Gasteiger partial charge in [0.2, 0.25) is 0 Å². The third-order valence-corrected chi connectivity index (χ3v) is 5.02. The molecule has 0 heterocycles. The molecule has 0 spiro atoms. The van der Waals surface area contributed by atoms with Crippen LogP contribution in [-0.4, -0.2) is 33.1 Å². The topological polar surface area (TPSA) is 184 Å². The predicted octanol–water partition coefficient (Wildman–Crippen LogP) is -4.51. The maximum absolute atomic E-state index is 12.9. The molecule has 0 saturated carbocycles. The normalized spacial score (nSPS) is 9.70. The van der Waals surface area contributed by atoms with E-state index in [1.165, 1.54) is 12.1 Å². The van der Waals surface area contributed by atoms with Gasteiger partial charge in [0, 0.05) is 0 Å². The Labute approximate surface area is 232 Å². The van der Waals surface area contributed by atoms with Gasteiger partial charge in [-0.25, -0.2) is 9.59 Å². The second-order valence-corrected chi connectivity index (χ2v) is 6.69. The van der Waals surface area contributed by atoms with Crippen LogP contribution in [-0.2, 0) is 6.42 Å². The molecule has 0 aliphatic rings. The van der Waals surface area contributed by atoms with Crippen molar-refractivity contribution in [1.82, 2.24) is 0 Å². The summed E-state index contributed by atoms with van der Waals surface area (Å²) >= 11 is 0. The number of hydrogen-bond donors (Lipinski definition) is 2. The number of hydrogen-bond acceptors (Lipinski definition) is 4. The Bertz CT molecular complexity index is 1220. The summed E-state index contributed by atoms with van der Waals surface area (Å²) in [5.74, 6) is -4.07. The Morgan fingerprint density at radius 1 is 0.667 bits per heavy atom. The predicted molar refractivity (Wildman–Crippen MR) is 111 cm³/mol. The Morgan fingerprint density at radius 2 is 1.00 bits per heavy atom. The summed E-state index contributed by atoms with van der Waals surface area (Å²) in [6, 6.07) is 16.3. The van der Waals surface area contributed by atoms with Gasteiger partial charge in [0.25, 0.3) is 0 Å². The van der Waals surface area contributed by atoms with E-state index < -0.39 is 23.4 Å². The quantitative estimate of drug-likeness (QED) is 0.284. The van der Waals surface area contributed by atoms with Gasteiger partial charge >= 0.3 is 71.1 Å². The van der Waals surface area contributed by atoms with Crippen molar-refractivity contribution in [2.24, 2.45) is 0 Å². The van der Waals surface area contributed by atoms with Crippen LogP contribution in [0.25, 0.3) is 21.5 Å². The molecule has 6 N–H and O–H groups in total. The summed E-state index contributed by atoms with van der Waals surface area (Å²) < 4.78 is 0. The van der Waals surface area contributed by atoms with Gasteiger partial charge in [-0.2, -0.15) is 0 Å². The van der Waals surface area contributed by atoms with Crippen molar-refractivity contribution in [2.75, 3.05) is 0 Å². The first kappa shape index (κ1) is 30.9. The average Bonchev–Trinajstić information content (AvgIpc) is 2.70. The first-order valence-corrected chi connectivity index (χ1v) is 8.78. The first-order chi connectivity index (χ1) is 13.9. The van der Waals surface area contributed by atoms with Crippen molar-refractivity contribution in [3.8, 4) is 11.5 Å². The molecule has 0 saturated heterocycles. The van der Waals surface area contributed by atoms with Crippen LogP contribution >= 0.6 is 0 Å². The molecule has 0 unspecified atom stereocenters. The first-order valence-electron chi connectivity index (χ1n) is 8.78. The molecule has 8 nitrogen and oxygen atoms in total. The zero-order valence-corrected chi connectivity index (χ0v) is 22.0. The summed E-state index contributed by atoms with van der Waals surface area (Å²) in [4.78, 5) is 23.1. The Kier molecular flexibility index (Phi) is 11.6. The molecule has 0 radical (unpaired) electrons. The van der Waals surface area contributed by atoms with Gasteiger partial charge in [-0.15, -0.1) is 0 Å². The summed E-state index contributed by atoms with van der Waals surface area (Å²) in [5.41, 5.74) is -0.453. The van der Waals surface area contributed by atoms with E-state index in [0.717, 1.165) is 0 Å². The fourth-order valence-corrected chi connectivity index (χ4v) is 3.65. The third-order valence-electron chi connectivity index (χ3n) is 5.02. The van der Waals surface area contributed by atoms with Gasteiger partial charge < -0.3 is 31.4 Å². The standard InChI is InChI=1S/C23H16O6.2Na.2H2O/c24-20-16(14-7-3-1-5-12(14)9-18(20)22(26)27)11-17-15-8-4-2-6-13(15)10-19(21(17)25)23(28)29;;;;/h1-10,24-25H,11H2,(H,26,27)(H,28,29);;;2*1H2/q;2*+1;;/p-2. The smallest absolute Gasteiger partial charge is 0.872 e. The number of rotatable bonds is 4. The molecule has 10 heteroatoms. The Balaban J connectivity index is 0.00000256. The van der Waals surface area contributed by atoms with Crippen LogP contribution in [0, 0.1) is 0 Å². The van der Waals surface area contributed by atoms with E-state index in [1.54, 1.807) is 48.5 Å². The van der Waals surface area contributed by atoms with Crippen LogP contribution in [0.1, 0.15) is 31.8 Å². The fourth-order valence-electron chi connectivity index (χ4n) is 3.65. The molecule has 0 fully saturated rings. The molecular weight excluding hydrogens is 450 g/mol. The van der Waals surface area contributed by atoms with Crippen molar-refractivity contribution in [1.29, 1.82) is 0 Å². The van der Waals surface area contributed by atoms with Gasteiger partial charge in [0.05, 0.1) is 11.1 Å². The minimum absolute atomic E-state index is 0. The third kappa shape index (κ3) is 5.68. The van der Waals surface area contributed by atoms with Crippen LogP contribution < -0.4 is 69.3 Å². The minimum Gasteiger partial charge on any atom is -0.872 e. The number of aromatic carboxylic acids is 2. The number of benzene rings is 4. The maximum atomic E-state index is 12.9. The van der Waals surface area contributed by atoms with Gasteiger partial charge in [-0.3, -0.25) is 0 Å². The van der Waals surface area contributed by atoms with Gasteiger partial charge in [-0.05, 0) is 51.2 Å². The average molecular weight is 468 g/mol. The van der Waals surface area contributed by atoms with E-state index in [2.05, 4.69) is 0 Å². The van der Waals surface area contributed by atoms with Gasteiger partial charge in [0.1, 0.15) is 0 Å². The number of carbonyl (C=O) groups is 2. The number of carboxylic acid groups (broad SMARTS) is 2. The Hall–Kier alpha value is -2.14. The second-order valence-electron chi connectivity index (χ2n) is 6.69. The van der Waals surface area contributed by atoms with Crippen molar-refractivity contribution in [3.63, 3.8) is 0 Å². The van der Waals surface area contributed by atoms with Crippen LogP contribution in [0.2, 0.25) is 0 Å². The van der Waals surface area contributed by atoms with Crippen molar-refractivity contribution >= 4 is 33.5 Å². The minimum atomic E-state index is -1.35. The van der Waals surface area contributed by atoms with E-state index in [9.17, 15) is 30.0 Å². The second kappa shape index (κ2) is 12.4. The molecule has 4 aromatic carbocycles. The molecular formula is C23H18Na2O8. The molecule has 4 aromatic rings. The summed E-state index contributed by atoms with van der Waals surface area (Å²) in [7, 11) is 0. The van der Waals surface area contributed by atoms with E-state index in [-0.39, 0.29) is 98.7 Å². The molecule has 4 rings (SSSR count). The summed E-state index contributed by atoms with van der Waals surface area (Å²) in [6.45, 7) is 0. The number of fused-ring (bicyclic) bond motifs is 2. The molecule has 0 aliphatic heterocycles.